The number of aromatic nitrogens is 1. The van der Waals surface area contributed by atoms with Crippen LogP contribution < -0.4 is 0 Å². The Kier molecular flexibility index (Phi) is 3.16. The summed E-state index contributed by atoms with van der Waals surface area (Å²) in [5.41, 5.74) is 1.06. The molecule has 1 aromatic carbocycles. The van der Waals surface area contributed by atoms with Gasteiger partial charge in [0.25, 0.3) is 5.24 Å². The molecule has 5 nitrogen and oxygen atoms in total. The molecule has 0 fully saturated rings. The topological polar surface area (TPSA) is 76.2 Å². The molecule has 0 amide bonds. The second kappa shape index (κ2) is 4.62. The van der Waals surface area contributed by atoms with Gasteiger partial charge in [0.2, 0.25) is 5.78 Å². The van der Waals surface area contributed by atoms with Crippen molar-refractivity contribution in [2.75, 3.05) is 7.11 Å². The molecule has 92 valence electrons. The SMILES string of the molecule is COC(=O)c1ccc2[nH]cc(C(=O)C(=O)Cl)c2c1. The van der Waals surface area contributed by atoms with E-state index in [0.29, 0.717) is 16.5 Å². The van der Waals surface area contributed by atoms with Gasteiger partial charge < -0.3 is 9.72 Å². The minimum Gasteiger partial charge on any atom is -0.465 e. The van der Waals surface area contributed by atoms with Gasteiger partial charge in [-0.1, -0.05) is 0 Å². The van der Waals surface area contributed by atoms with Crippen LogP contribution in [0.4, 0.5) is 0 Å². The van der Waals surface area contributed by atoms with Crippen LogP contribution >= 0.6 is 11.6 Å². The highest BCUT2D eigenvalue weighted by Crippen LogP contribution is 2.21. The third kappa shape index (κ3) is 2.00. The van der Waals surface area contributed by atoms with Gasteiger partial charge in [-0.3, -0.25) is 9.59 Å². The summed E-state index contributed by atoms with van der Waals surface area (Å²) < 4.78 is 4.58. The highest BCUT2D eigenvalue weighted by atomic mass is 35.5. The van der Waals surface area contributed by atoms with Gasteiger partial charge in [-0.25, -0.2) is 4.79 Å². The molecule has 0 aliphatic rings. The van der Waals surface area contributed by atoms with Crippen LogP contribution in [-0.2, 0) is 9.53 Å². The van der Waals surface area contributed by atoms with Crippen LogP contribution in [0.3, 0.4) is 0 Å². The van der Waals surface area contributed by atoms with Crippen molar-refractivity contribution in [2.45, 2.75) is 0 Å². The zero-order valence-corrected chi connectivity index (χ0v) is 10.1. The largest absolute Gasteiger partial charge is 0.465 e. The number of Topliss-reactive ketones (excluding diaryl/α,β-unsaturated/α-hetero) is 1. The summed E-state index contributed by atoms with van der Waals surface area (Å²) in [6.45, 7) is 0. The van der Waals surface area contributed by atoms with Gasteiger partial charge in [0.15, 0.2) is 0 Å². The average Bonchev–Trinajstić information content (AvgIpc) is 2.79. The maximum Gasteiger partial charge on any atom is 0.337 e. The number of nitrogens with one attached hydrogen (secondary N) is 1. The number of hydrogen-bond acceptors (Lipinski definition) is 4. The molecule has 1 N–H and O–H groups in total. The molecule has 0 spiro atoms. The van der Waals surface area contributed by atoms with E-state index in [1.165, 1.54) is 19.4 Å². The van der Waals surface area contributed by atoms with Crippen LogP contribution in [-0.4, -0.2) is 29.1 Å². The van der Waals surface area contributed by atoms with E-state index in [1.54, 1.807) is 12.1 Å². The molecule has 1 aromatic heterocycles. The van der Waals surface area contributed by atoms with Crippen molar-refractivity contribution in [3.63, 3.8) is 0 Å². The number of rotatable bonds is 3. The number of methoxy groups -OCH3 is 1. The van der Waals surface area contributed by atoms with E-state index in [1.807, 2.05) is 0 Å². The molecule has 0 radical (unpaired) electrons. The summed E-state index contributed by atoms with van der Waals surface area (Å²) in [5.74, 6) is -1.33. The van der Waals surface area contributed by atoms with Gasteiger partial charge in [0.1, 0.15) is 0 Å². The Morgan fingerprint density at radius 1 is 1.28 bits per heavy atom. The Morgan fingerprint density at radius 3 is 2.61 bits per heavy atom. The third-order valence-corrected chi connectivity index (χ3v) is 2.70. The van der Waals surface area contributed by atoms with E-state index in [9.17, 15) is 14.4 Å². The number of halogens is 1. The molecule has 0 unspecified atom stereocenters. The lowest BCUT2D eigenvalue weighted by Gasteiger charge is -2.00. The maximum absolute atomic E-state index is 11.6. The first-order valence-electron chi connectivity index (χ1n) is 4.98. The predicted molar refractivity (Wildman–Crippen MR) is 64.8 cm³/mol. The minimum atomic E-state index is -1.07. The standard InChI is InChI=1S/C12H8ClNO4/c1-18-12(17)6-2-3-9-7(4-6)8(5-14-9)10(15)11(13)16/h2-5,14H,1H3. The Morgan fingerprint density at radius 2 is 2.00 bits per heavy atom. The first kappa shape index (κ1) is 12.3. The molecule has 18 heavy (non-hydrogen) atoms. The van der Waals surface area contributed by atoms with Crippen LogP contribution in [0.1, 0.15) is 20.7 Å². The smallest absolute Gasteiger partial charge is 0.337 e. The van der Waals surface area contributed by atoms with Gasteiger partial charge in [-0.05, 0) is 29.8 Å². The molecule has 2 aromatic rings. The molecular weight excluding hydrogens is 258 g/mol. The molecule has 0 saturated heterocycles. The van der Waals surface area contributed by atoms with Crippen LogP contribution in [0.5, 0.6) is 0 Å². The zero-order valence-electron chi connectivity index (χ0n) is 9.32. The quantitative estimate of drug-likeness (QED) is 0.398. The molecule has 0 atom stereocenters. The van der Waals surface area contributed by atoms with E-state index in [2.05, 4.69) is 9.72 Å². The van der Waals surface area contributed by atoms with Crippen LogP contribution in [0.2, 0.25) is 0 Å². The number of H-pyrrole nitrogens is 1. The maximum atomic E-state index is 11.6. The molecule has 2 rings (SSSR count). The molecule has 0 aliphatic heterocycles. The average molecular weight is 266 g/mol. The lowest BCUT2D eigenvalue weighted by Crippen LogP contribution is -2.07. The first-order chi connectivity index (χ1) is 8.54. The van der Waals surface area contributed by atoms with Gasteiger partial charge >= 0.3 is 5.97 Å². The minimum absolute atomic E-state index is 0.135. The summed E-state index contributed by atoms with van der Waals surface area (Å²) in [6.07, 6.45) is 1.38. The van der Waals surface area contributed by atoms with E-state index >= 15 is 0 Å². The van der Waals surface area contributed by atoms with Gasteiger partial charge in [0.05, 0.1) is 18.2 Å². The molecule has 0 aliphatic carbocycles. The van der Waals surface area contributed by atoms with Gasteiger partial charge in [-0.2, -0.15) is 0 Å². The summed E-state index contributed by atoms with van der Waals surface area (Å²) in [5, 5.41) is -0.615. The van der Waals surface area contributed by atoms with Crippen molar-refractivity contribution in [2.24, 2.45) is 0 Å². The Hall–Kier alpha value is -2.14. The Bertz CT molecular complexity index is 659. The summed E-state index contributed by atoms with van der Waals surface area (Å²) in [4.78, 5) is 36.6. The van der Waals surface area contributed by atoms with Crippen LogP contribution in [0, 0.1) is 0 Å². The number of benzene rings is 1. The second-order valence-corrected chi connectivity index (χ2v) is 3.90. The van der Waals surface area contributed by atoms with Gasteiger partial charge in [0, 0.05) is 17.1 Å². The summed E-state index contributed by atoms with van der Waals surface area (Å²) in [7, 11) is 1.26. The lowest BCUT2D eigenvalue weighted by atomic mass is 10.1. The number of esters is 1. The second-order valence-electron chi connectivity index (χ2n) is 3.56. The predicted octanol–water partition coefficient (Wildman–Crippen LogP) is 1.90. The fourth-order valence-electron chi connectivity index (χ4n) is 1.66. The number of hydrogen-bond donors (Lipinski definition) is 1. The van der Waals surface area contributed by atoms with E-state index in [-0.39, 0.29) is 5.56 Å². The molecule has 1 heterocycles. The number of carbonyl (C=O) groups excluding carboxylic acids is 3. The monoisotopic (exact) mass is 265 g/mol. The summed E-state index contributed by atoms with van der Waals surface area (Å²) >= 11 is 5.16. The van der Waals surface area contributed by atoms with Crippen molar-refractivity contribution in [3.05, 3.63) is 35.5 Å². The lowest BCUT2D eigenvalue weighted by molar-refractivity contribution is -0.108. The Balaban J connectivity index is 2.60. The number of ether oxygens (including phenoxy) is 1. The first-order valence-corrected chi connectivity index (χ1v) is 5.36. The van der Waals surface area contributed by atoms with Crippen molar-refractivity contribution in [1.29, 1.82) is 0 Å². The Labute approximate surface area is 107 Å². The van der Waals surface area contributed by atoms with Crippen molar-refractivity contribution >= 4 is 39.5 Å². The van der Waals surface area contributed by atoms with Crippen LogP contribution in [0.15, 0.2) is 24.4 Å². The number of aromatic amines is 1. The third-order valence-electron chi connectivity index (χ3n) is 2.53. The van der Waals surface area contributed by atoms with Crippen molar-refractivity contribution in [3.8, 4) is 0 Å². The van der Waals surface area contributed by atoms with Crippen LogP contribution in [0.25, 0.3) is 10.9 Å². The fraction of sp³-hybridized carbons (Fsp3) is 0.0833. The zero-order chi connectivity index (χ0) is 13.3. The number of fused-ring (bicyclic) bond motifs is 1. The van der Waals surface area contributed by atoms with Crippen molar-refractivity contribution in [1.82, 2.24) is 4.98 Å². The molecular formula is C12H8ClNO4. The van der Waals surface area contributed by atoms with Gasteiger partial charge in [-0.15, -0.1) is 0 Å². The molecule has 0 bridgehead atoms. The van der Waals surface area contributed by atoms with E-state index in [4.69, 9.17) is 11.6 Å². The van der Waals surface area contributed by atoms with E-state index < -0.39 is 17.0 Å². The number of carbonyl (C=O) groups is 3. The van der Waals surface area contributed by atoms with E-state index in [0.717, 1.165) is 0 Å². The molecule has 6 heteroatoms. The normalized spacial score (nSPS) is 10.3. The fourth-order valence-corrected chi connectivity index (χ4v) is 1.76. The van der Waals surface area contributed by atoms with Crippen molar-refractivity contribution < 1.29 is 19.1 Å². The summed E-state index contributed by atoms with van der Waals surface area (Å²) in [6, 6.07) is 4.66. The molecule has 0 saturated carbocycles. The highest BCUT2D eigenvalue weighted by Gasteiger charge is 2.19. The highest BCUT2D eigenvalue weighted by molar-refractivity contribution is 6.83. The number of ketones is 1.